The van der Waals surface area contributed by atoms with E-state index in [2.05, 4.69) is 22.2 Å². The molecule has 0 bridgehead atoms. The quantitative estimate of drug-likeness (QED) is 0.455. The molecular weight excluding hydrogens is 370 g/mol. The molecule has 154 valence electrons. The number of carbonyl (C=O) groups is 1. The average molecular weight is 397 g/mol. The van der Waals surface area contributed by atoms with Crippen molar-refractivity contribution in [1.29, 1.82) is 0 Å². The predicted molar refractivity (Wildman–Crippen MR) is 111 cm³/mol. The number of benzene rings is 1. The lowest BCUT2D eigenvalue weighted by atomic mass is 10.1. The zero-order valence-corrected chi connectivity index (χ0v) is 16.7. The number of hydrogen-bond donors (Lipinski definition) is 3. The summed E-state index contributed by atoms with van der Waals surface area (Å²) < 4.78 is 10.5. The van der Waals surface area contributed by atoms with E-state index in [1.54, 1.807) is 19.3 Å². The van der Waals surface area contributed by atoms with Gasteiger partial charge in [-0.2, -0.15) is 0 Å². The molecule has 2 heterocycles. The maximum absolute atomic E-state index is 11.5. The van der Waals surface area contributed by atoms with Gasteiger partial charge in [-0.15, -0.1) is 0 Å². The fourth-order valence-electron chi connectivity index (χ4n) is 3.22. The molecule has 0 aliphatic heterocycles. The van der Waals surface area contributed by atoms with Crippen LogP contribution in [0.5, 0.6) is 5.75 Å². The Balaban J connectivity index is 1.60. The van der Waals surface area contributed by atoms with Crippen LogP contribution in [0, 0.1) is 0 Å². The third kappa shape index (κ3) is 5.56. The standard InChI is InChI=1S/C22H27N3O4/c1-3-28-21(27)14-29-20-8-4-7-18-17(12-25-22(18)20)10-15(2)24-13-19(26)16-6-5-9-23-11-16/h4-9,11-12,15,19,24-26H,3,10,13-14H2,1-2H3/t15-,19+/m1/s1. The van der Waals surface area contributed by atoms with Gasteiger partial charge in [-0.1, -0.05) is 18.2 Å². The molecule has 0 aliphatic carbocycles. The molecule has 7 heteroatoms. The number of aromatic nitrogens is 2. The van der Waals surface area contributed by atoms with Gasteiger partial charge in [0.15, 0.2) is 6.61 Å². The number of aliphatic hydroxyl groups excluding tert-OH is 1. The Morgan fingerprint density at radius 3 is 2.93 bits per heavy atom. The zero-order chi connectivity index (χ0) is 20.6. The summed E-state index contributed by atoms with van der Waals surface area (Å²) in [4.78, 5) is 18.8. The van der Waals surface area contributed by atoms with E-state index in [1.165, 1.54) is 0 Å². The average Bonchev–Trinajstić information content (AvgIpc) is 3.14. The van der Waals surface area contributed by atoms with Crippen LogP contribution < -0.4 is 10.1 Å². The molecule has 29 heavy (non-hydrogen) atoms. The molecule has 0 amide bonds. The first-order valence-electron chi connectivity index (χ1n) is 9.77. The number of H-pyrrole nitrogens is 1. The molecule has 7 nitrogen and oxygen atoms in total. The topological polar surface area (TPSA) is 96.5 Å². The number of carbonyl (C=O) groups excluding carboxylic acids is 1. The molecule has 0 saturated carbocycles. The van der Waals surface area contributed by atoms with Gasteiger partial charge in [0.1, 0.15) is 5.75 Å². The third-order valence-corrected chi connectivity index (χ3v) is 4.67. The number of hydrogen-bond acceptors (Lipinski definition) is 6. The van der Waals surface area contributed by atoms with Gasteiger partial charge in [-0.25, -0.2) is 4.79 Å². The van der Waals surface area contributed by atoms with Gasteiger partial charge < -0.3 is 24.9 Å². The van der Waals surface area contributed by atoms with Gasteiger partial charge >= 0.3 is 5.97 Å². The SMILES string of the molecule is CCOC(=O)COc1cccc2c(C[C@@H](C)NC[C@H](O)c3cccnc3)c[nH]c12. The fraction of sp³-hybridized carbons (Fsp3) is 0.364. The predicted octanol–water partition coefficient (Wildman–Crippen LogP) is 2.76. The molecule has 2 atom stereocenters. The molecule has 0 radical (unpaired) electrons. The van der Waals surface area contributed by atoms with Gasteiger partial charge in [0.25, 0.3) is 0 Å². The number of aromatic amines is 1. The molecule has 0 fully saturated rings. The summed E-state index contributed by atoms with van der Waals surface area (Å²) in [5, 5.41) is 14.7. The first-order chi connectivity index (χ1) is 14.1. The van der Waals surface area contributed by atoms with Crippen LogP contribution in [0.2, 0.25) is 0 Å². The van der Waals surface area contributed by atoms with Crippen LogP contribution >= 0.6 is 0 Å². The number of nitrogens with one attached hydrogen (secondary N) is 2. The third-order valence-electron chi connectivity index (χ3n) is 4.67. The van der Waals surface area contributed by atoms with Gasteiger partial charge in [0, 0.05) is 42.1 Å². The zero-order valence-electron chi connectivity index (χ0n) is 16.7. The minimum Gasteiger partial charge on any atom is -0.480 e. The Hall–Kier alpha value is -2.90. The van der Waals surface area contributed by atoms with Crippen LogP contribution in [0.15, 0.2) is 48.9 Å². The lowest BCUT2D eigenvalue weighted by Gasteiger charge is -2.17. The summed E-state index contributed by atoms with van der Waals surface area (Å²) in [5.41, 5.74) is 2.79. The fourth-order valence-corrected chi connectivity index (χ4v) is 3.22. The van der Waals surface area contributed by atoms with Crippen molar-refractivity contribution in [3.8, 4) is 5.75 Å². The molecular formula is C22H27N3O4. The second-order valence-electron chi connectivity index (χ2n) is 6.90. The maximum Gasteiger partial charge on any atom is 0.344 e. The summed E-state index contributed by atoms with van der Waals surface area (Å²) in [6.45, 7) is 4.50. The van der Waals surface area contributed by atoms with Crippen molar-refractivity contribution in [2.75, 3.05) is 19.8 Å². The van der Waals surface area contributed by atoms with Crippen LogP contribution in [0.25, 0.3) is 10.9 Å². The molecule has 3 rings (SSSR count). The summed E-state index contributed by atoms with van der Waals surface area (Å²) >= 11 is 0. The van der Waals surface area contributed by atoms with Gasteiger partial charge in [0.2, 0.25) is 0 Å². The van der Waals surface area contributed by atoms with Crippen LogP contribution in [0.4, 0.5) is 0 Å². The molecule has 0 spiro atoms. The largest absolute Gasteiger partial charge is 0.480 e. The first-order valence-corrected chi connectivity index (χ1v) is 9.77. The smallest absolute Gasteiger partial charge is 0.344 e. The number of esters is 1. The Bertz CT molecular complexity index is 926. The summed E-state index contributed by atoms with van der Waals surface area (Å²) in [5.74, 6) is 0.232. The number of pyridine rings is 1. The van der Waals surface area contributed by atoms with Gasteiger partial charge in [-0.3, -0.25) is 4.98 Å². The normalized spacial score (nSPS) is 13.2. The molecule has 2 aromatic heterocycles. The van der Waals surface area contributed by atoms with E-state index in [9.17, 15) is 9.90 Å². The van der Waals surface area contributed by atoms with E-state index in [0.717, 1.165) is 28.5 Å². The number of para-hydroxylation sites is 1. The van der Waals surface area contributed by atoms with Gasteiger partial charge in [0.05, 0.1) is 18.2 Å². The van der Waals surface area contributed by atoms with E-state index >= 15 is 0 Å². The lowest BCUT2D eigenvalue weighted by molar-refractivity contribution is -0.145. The Labute approximate surface area is 170 Å². The highest BCUT2D eigenvalue weighted by molar-refractivity contribution is 5.88. The highest BCUT2D eigenvalue weighted by Crippen LogP contribution is 2.28. The number of aliphatic hydroxyl groups is 1. The van der Waals surface area contributed by atoms with Crippen molar-refractivity contribution >= 4 is 16.9 Å². The van der Waals surface area contributed by atoms with Crippen molar-refractivity contribution in [2.45, 2.75) is 32.4 Å². The van der Waals surface area contributed by atoms with E-state index in [-0.39, 0.29) is 18.6 Å². The van der Waals surface area contributed by atoms with Crippen molar-refractivity contribution in [3.63, 3.8) is 0 Å². The summed E-state index contributed by atoms with van der Waals surface area (Å²) in [6, 6.07) is 9.59. The second kappa shape index (κ2) is 10.0. The van der Waals surface area contributed by atoms with Gasteiger partial charge in [-0.05, 0) is 38.0 Å². The number of rotatable bonds is 10. The number of nitrogens with zero attached hydrogens (tertiary/aromatic N) is 1. The molecule has 1 aromatic carbocycles. The number of fused-ring (bicyclic) bond motifs is 1. The molecule has 0 unspecified atom stereocenters. The van der Waals surface area contributed by atoms with Crippen molar-refractivity contribution < 1.29 is 19.4 Å². The molecule has 3 N–H and O–H groups in total. The van der Waals surface area contributed by atoms with E-state index in [1.807, 2.05) is 36.5 Å². The minimum atomic E-state index is -0.600. The van der Waals surface area contributed by atoms with E-state index < -0.39 is 6.10 Å². The van der Waals surface area contributed by atoms with E-state index in [4.69, 9.17) is 9.47 Å². The Morgan fingerprint density at radius 2 is 2.17 bits per heavy atom. The molecule has 0 saturated heterocycles. The van der Waals surface area contributed by atoms with Crippen LogP contribution in [-0.2, 0) is 16.0 Å². The molecule has 3 aromatic rings. The summed E-state index contributed by atoms with van der Waals surface area (Å²) in [7, 11) is 0. The molecule has 0 aliphatic rings. The van der Waals surface area contributed by atoms with Crippen LogP contribution in [-0.4, -0.2) is 46.8 Å². The number of ether oxygens (including phenoxy) is 2. The first kappa shape index (κ1) is 20.8. The maximum atomic E-state index is 11.5. The second-order valence-corrected chi connectivity index (χ2v) is 6.90. The van der Waals surface area contributed by atoms with Crippen LogP contribution in [0.3, 0.4) is 0 Å². The van der Waals surface area contributed by atoms with Crippen LogP contribution in [0.1, 0.15) is 31.1 Å². The Kier molecular flexibility index (Phi) is 7.21. The lowest BCUT2D eigenvalue weighted by Crippen LogP contribution is -2.32. The van der Waals surface area contributed by atoms with Crippen molar-refractivity contribution in [1.82, 2.24) is 15.3 Å². The summed E-state index contributed by atoms with van der Waals surface area (Å²) in [6.07, 6.45) is 5.50. The van der Waals surface area contributed by atoms with Crippen molar-refractivity contribution in [3.05, 3.63) is 60.0 Å². The van der Waals surface area contributed by atoms with Crippen molar-refractivity contribution in [2.24, 2.45) is 0 Å². The highest BCUT2D eigenvalue weighted by atomic mass is 16.6. The minimum absolute atomic E-state index is 0.120. The monoisotopic (exact) mass is 397 g/mol. The van der Waals surface area contributed by atoms with E-state index in [0.29, 0.717) is 18.9 Å². The highest BCUT2D eigenvalue weighted by Gasteiger charge is 2.14. The Morgan fingerprint density at radius 1 is 1.31 bits per heavy atom.